The van der Waals surface area contributed by atoms with Crippen LogP contribution >= 0.6 is 0 Å². The van der Waals surface area contributed by atoms with Crippen LogP contribution in [-0.4, -0.2) is 24.8 Å². The number of hydrogen-bond acceptors (Lipinski definition) is 4. The van der Waals surface area contributed by atoms with Gasteiger partial charge in [0.2, 0.25) is 11.6 Å². The predicted octanol–water partition coefficient (Wildman–Crippen LogP) is 5.25. The van der Waals surface area contributed by atoms with Crippen LogP contribution in [0.4, 0.5) is 16.2 Å². The molecule has 2 heterocycles. The summed E-state index contributed by atoms with van der Waals surface area (Å²) >= 11 is 0. The van der Waals surface area contributed by atoms with Crippen molar-refractivity contribution in [2.24, 2.45) is 5.92 Å². The summed E-state index contributed by atoms with van der Waals surface area (Å²) in [5.74, 6) is 0.0844. The van der Waals surface area contributed by atoms with Crippen LogP contribution in [0, 0.1) is 26.7 Å². The Morgan fingerprint density at radius 1 is 1.06 bits per heavy atom. The molecule has 180 valence electrons. The summed E-state index contributed by atoms with van der Waals surface area (Å²) in [5, 5.41) is 6.18. The first-order valence-corrected chi connectivity index (χ1v) is 11.6. The lowest BCUT2D eigenvalue weighted by Crippen LogP contribution is -2.72. The Bertz CT molecular complexity index is 1340. The molecule has 35 heavy (non-hydrogen) atoms. The van der Waals surface area contributed by atoms with Crippen molar-refractivity contribution < 1.29 is 19.1 Å². The van der Waals surface area contributed by atoms with Gasteiger partial charge in [0.05, 0.1) is 18.8 Å². The van der Waals surface area contributed by atoms with Gasteiger partial charge in [-0.05, 0) is 57.0 Å². The number of benzene rings is 3. The van der Waals surface area contributed by atoms with Gasteiger partial charge in [0, 0.05) is 11.3 Å². The molecule has 0 spiro atoms. The molecule has 3 amide bonds. The molecule has 2 aliphatic rings. The molecule has 3 aromatic rings. The molecule has 7 heteroatoms. The lowest BCUT2D eigenvalue weighted by molar-refractivity contribution is -0.131. The number of nitrogens with one attached hydrogen (secondary N) is 2. The number of carbonyl (C=O) groups is 2. The van der Waals surface area contributed by atoms with Crippen molar-refractivity contribution in [1.29, 1.82) is 0 Å². The van der Waals surface area contributed by atoms with Crippen molar-refractivity contribution in [3.8, 4) is 11.5 Å². The Labute approximate surface area is 205 Å². The normalized spacial score (nSPS) is 22.5. The molecule has 2 aliphatic heterocycles. The average Bonchev–Trinajstić information content (AvgIpc) is 2.81. The molecule has 2 bridgehead atoms. The maximum Gasteiger partial charge on any atom is 0.325 e. The van der Waals surface area contributed by atoms with Gasteiger partial charge in [0.25, 0.3) is 0 Å². The molecule has 7 nitrogen and oxygen atoms in total. The smallest absolute Gasteiger partial charge is 0.325 e. The summed E-state index contributed by atoms with van der Waals surface area (Å²) in [6.45, 7) is 7.70. The molecule has 5 rings (SSSR count). The summed E-state index contributed by atoms with van der Waals surface area (Å²) < 4.78 is 12.2. The number of ether oxygens (including phenoxy) is 2. The van der Waals surface area contributed by atoms with Crippen LogP contribution in [0.1, 0.15) is 35.2 Å². The van der Waals surface area contributed by atoms with Crippen LogP contribution in [-0.2, 0) is 4.79 Å². The zero-order chi connectivity index (χ0) is 24.9. The molecule has 1 saturated heterocycles. The van der Waals surface area contributed by atoms with E-state index in [4.69, 9.17) is 9.47 Å². The van der Waals surface area contributed by atoms with Crippen molar-refractivity contribution in [2.45, 2.75) is 39.5 Å². The van der Waals surface area contributed by atoms with Gasteiger partial charge < -0.3 is 20.1 Å². The monoisotopic (exact) mass is 471 g/mol. The van der Waals surface area contributed by atoms with E-state index in [0.29, 0.717) is 22.7 Å². The number of urea groups is 1. The van der Waals surface area contributed by atoms with Gasteiger partial charge in [-0.1, -0.05) is 48.0 Å². The Morgan fingerprint density at radius 3 is 2.54 bits per heavy atom. The van der Waals surface area contributed by atoms with Crippen LogP contribution in [0.5, 0.6) is 11.5 Å². The molecule has 0 aliphatic carbocycles. The number of hydrogen-bond donors (Lipinski definition) is 2. The van der Waals surface area contributed by atoms with Crippen molar-refractivity contribution in [1.82, 2.24) is 5.32 Å². The summed E-state index contributed by atoms with van der Waals surface area (Å²) in [5.41, 5.74) is 3.77. The molecule has 3 atom stereocenters. The van der Waals surface area contributed by atoms with E-state index in [0.717, 1.165) is 22.4 Å². The van der Waals surface area contributed by atoms with Crippen LogP contribution in [0.2, 0.25) is 0 Å². The SMILES string of the molecule is COc1cccc2c1O[C@@]1(C)[C@H](C(=O)Nc3ccc(C)cc3C)[C@@H]2NC(=O)N1c1ccccc1C. The number of aryl methyl sites for hydroxylation is 3. The molecule has 3 aromatic carbocycles. The van der Waals surface area contributed by atoms with Crippen LogP contribution < -0.4 is 25.0 Å². The Hall–Kier alpha value is -4.00. The highest BCUT2D eigenvalue weighted by Crippen LogP contribution is 2.52. The highest BCUT2D eigenvalue weighted by molar-refractivity contribution is 6.02. The summed E-state index contributed by atoms with van der Waals surface area (Å²) in [7, 11) is 1.58. The Balaban J connectivity index is 1.66. The third kappa shape index (κ3) is 3.58. The fraction of sp³-hybridized carbons (Fsp3) is 0.286. The molecular weight excluding hydrogens is 442 g/mol. The van der Waals surface area contributed by atoms with E-state index in [-0.39, 0.29) is 11.9 Å². The number of amides is 3. The summed E-state index contributed by atoms with van der Waals surface area (Å²) in [6, 6.07) is 18.1. The Kier molecular flexibility index (Phi) is 5.43. The lowest BCUT2D eigenvalue weighted by Gasteiger charge is -2.54. The van der Waals surface area contributed by atoms with Gasteiger partial charge >= 0.3 is 6.03 Å². The standard InChI is InChI=1S/C28H29N3O4/c1-16-13-14-20(18(3)15-16)29-26(32)23-24-19-10-8-12-22(34-5)25(19)35-28(23,4)31(27(33)30-24)21-11-7-6-9-17(21)2/h6-15,23-24H,1-5H3,(H,29,32)(H,30,33)/t23-,24+,28-/m0/s1. The maximum atomic E-state index is 14.0. The molecule has 2 N–H and O–H groups in total. The van der Waals surface area contributed by atoms with Crippen LogP contribution in [0.3, 0.4) is 0 Å². The predicted molar refractivity (Wildman–Crippen MR) is 135 cm³/mol. The van der Waals surface area contributed by atoms with Crippen LogP contribution in [0.15, 0.2) is 60.7 Å². The lowest BCUT2D eigenvalue weighted by atomic mass is 9.78. The van der Waals surface area contributed by atoms with Crippen molar-refractivity contribution in [2.75, 3.05) is 17.3 Å². The van der Waals surface area contributed by atoms with E-state index >= 15 is 0 Å². The van der Waals surface area contributed by atoms with Gasteiger partial charge in [-0.2, -0.15) is 0 Å². The minimum atomic E-state index is -1.32. The molecule has 1 fully saturated rings. The van der Waals surface area contributed by atoms with Gasteiger partial charge in [-0.25, -0.2) is 4.79 Å². The first-order valence-electron chi connectivity index (χ1n) is 11.6. The van der Waals surface area contributed by atoms with Gasteiger partial charge in [0.1, 0.15) is 5.92 Å². The fourth-order valence-corrected chi connectivity index (χ4v) is 5.27. The third-order valence-electron chi connectivity index (χ3n) is 6.99. The van der Waals surface area contributed by atoms with Gasteiger partial charge in [-0.15, -0.1) is 0 Å². The molecule has 0 unspecified atom stereocenters. The highest BCUT2D eigenvalue weighted by Gasteiger charge is 2.61. The van der Waals surface area contributed by atoms with Gasteiger partial charge in [0.15, 0.2) is 11.5 Å². The number of carbonyl (C=O) groups excluding carboxylic acids is 2. The van der Waals surface area contributed by atoms with Crippen molar-refractivity contribution in [3.63, 3.8) is 0 Å². The number of nitrogens with zero attached hydrogens (tertiary/aromatic N) is 1. The van der Waals surface area contributed by atoms with E-state index in [9.17, 15) is 9.59 Å². The third-order valence-corrected chi connectivity index (χ3v) is 6.99. The quantitative estimate of drug-likeness (QED) is 0.544. The van der Waals surface area contributed by atoms with E-state index in [1.165, 1.54) is 0 Å². The second-order valence-electron chi connectivity index (χ2n) is 9.37. The van der Waals surface area contributed by atoms with E-state index < -0.39 is 17.7 Å². The zero-order valence-electron chi connectivity index (χ0n) is 20.5. The van der Waals surface area contributed by atoms with E-state index in [1.807, 2.05) is 81.4 Å². The molecule has 0 radical (unpaired) electrons. The molecule has 0 aromatic heterocycles. The average molecular weight is 472 g/mol. The second-order valence-corrected chi connectivity index (χ2v) is 9.37. The molecule has 0 saturated carbocycles. The largest absolute Gasteiger partial charge is 0.493 e. The van der Waals surface area contributed by atoms with Crippen molar-refractivity contribution in [3.05, 3.63) is 82.9 Å². The number of fused-ring (bicyclic) bond motifs is 4. The number of methoxy groups -OCH3 is 1. The first-order chi connectivity index (χ1) is 16.7. The zero-order valence-corrected chi connectivity index (χ0v) is 20.5. The topological polar surface area (TPSA) is 79.9 Å². The second kappa shape index (κ2) is 8.34. The summed E-state index contributed by atoms with van der Waals surface area (Å²) in [4.78, 5) is 29.0. The number of rotatable bonds is 4. The minimum absolute atomic E-state index is 0.239. The number of anilines is 2. The Morgan fingerprint density at radius 2 is 1.83 bits per heavy atom. The summed E-state index contributed by atoms with van der Waals surface area (Å²) in [6.07, 6.45) is 0. The number of para-hydroxylation sites is 2. The van der Waals surface area contributed by atoms with Crippen molar-refractivity contribution >= 4 is 23.3 Å². The minimum Gasteiger partial charge on any atom is -0.493 e. The van der Waals surface area contributed by atoms with E-state index in [1.54, 1.807) is 18.9 Å². The first kappa shape index (κ1) is 22.8. The molecular formula is C28H29N3O4. The fourth-order valence-electron chi connectivity index (χ4n) is 5.27. The van der Waals surface area contributed by atoms with Crippen LogP contribution in [0.25, 0.3) is 0 Å². The van der Waals surface area contributed by atoms with E-state index in [2.05, 4.69) is 10.6 Å². The maximum absolute atomic E-state index is 14.0. The van der Waals surface area contributed by atoms with Gasteiger partial charge in [-0.3, -0.25) is 9.69 Å². The highest BCUT2D eigenvalue weighted by atomic mass is 16.5.